The molecule has 0 spiro atoms. The molecule has 0 aromatic heterocycles. The van der Waals surface area contributed by atoms with Crippen LogP contribution in [0.5, 0.6) is 0 Å². The van der Waals surface area contributed by atoms with Crippen LogP contribution in [0.2, 0.25) is 5.02 Å². The molecule has 1 atom stereocenters. The third kappa shape index (κ3) is 6.75. The summed E-state index contributed by atoms with van der Waals surface area (Å²) in [5.74, 6) is 0.0817. The molecule has 0 saturated heterocycles. The van der Waals surface area contributed by atoms with Gasteiger partial charge in [0, 0.05) is 11.6 Å². The molecule has 1 N–H and O–H groups in total. The quantitative estimate of drug-likeness (QED) is 0.546. The minimum absolute atomic E-state index is 0.0907. The Morgan fingerprint density at radius 2 is 1.72 bits per heavy atom. The van der Waals surface area contributed by atoms with E-state index in [2.05, 4.69) is 19.2 Å². The summed E-state index contributed by atoms with van der Waals surface area (Å²) < 4.78 is 27.6. The van der Waals surface area contributed by atoms with Crippen LogP contribution in [0.4, 0.5) is 5.69 Å². The van der Waals surface area contributed by atoms with Gasteiger partial charge in [-0.05, 0) is 48.7 Å². The van der Waals surface area contributed by atoms with E-state index >= 15 is 0 Å². The molecule has 1 amide bonds. The van der Waals surface area contributed by atoms with Gasteiger partial charge < -0.3 is 5.32 Å². The summed E-state index contributed by atoms with van der Waals surface area (Å²) in [5, 5.41) is 3.36. The number of rotatable bonds is 11. The van der Waals surface area contributed by atoms with E-state index in [0.717, 1.165) is 30.0 Å². The Bertz CT molecular complexity index is 871. The summed E-state index contributed by atoms with van der Waals surface area (Å²) in [5.41, 5.74) is 0.440. The van der Waals surface area contributed by atoms with Gasteiger partial charge in [-0.15, -0.1) is 0 Å². The number of anilines is 1. The molecule has 2 aromatic carbocycles. The van der Waals surface area contributed by atoms with Gasteiger partial charge in [-0.25, -0.2) is 8.42 Å². The van der Waals surface area contributed by atoms with E-state index in [-0.39, 0.29) is 17.3 Å². The maximum Gasteiger partial charge on any atom is 0.264 e. The first kappa shape index (κ1) is 23.2. The molecule has 0 aliphatic carbocycles. The van der Waals surface area contributed by atoms with Crippen molar-refractivity contribution in [3.63, 3.8) is 0 Å². The van der Waals surface area contributed by atoms with Gasteiger partial charge in [0.25, 0.3) is 10.0 Å². The van der Waals surface area contributed by atoms with E-state index < -0.39 is 10.0 Å². The fourth-order valence-corrected chi connectivity index (χ4v) is 4.58. The van der Waals surface area contributed by atoms with Crippen molar-refractivity contribution >= 4 is 33.2 Å². The number of hydrogen-bond acceptors (Lipinski definition) is 3. The van der Waals surface area contributed by atoms with Crippen LogP contribution in [0.25, 0.3) is 0 Å². The van der Waals surface area contributed by atoms with E-state index in [1.165, 1.54) is 24.3 Å². The predicted molar refractivity (Wildman–Crippen MR) is 119 cm³/mol. The number of halogens is 1. The van der Waals surface area contributed by atoms with Crippen molar-refractivity contribution in [1.82, 2.24) is 5.32 Å². The van der Waals surface area contributed by atoms with Crippen molar-refractivity contribution in [3.8, 4) is 0 Å². The second-order valence-electron chi connectivity index (χ2n) is 7.02. The molecule has 158 valence electrons. The first-order valence-electron chi connectivity index (χ1n) is 9.98. The Hall–Kier alpha value is -2.05. The number of hydrogen-bond donors (Lipinski definition) is 1. The fraction of sp³-hybridized carbons (Fsp3) is 0.409. The van der Waals surface area contributed by atoms with Crippen LogP contribution in [-0.2, 0) is 14.8 Å². The SMILES string of the molecule is CCCC[C@@H](CC)CNC(=O)CN(c1ccccc1)S(=O)(=O)c1ccc(Cl)cc1. The van der Waals surface area contributed by atoms with Crippen molar-refractivity contribution in [2.75, 3.05) is 17.4 Å². The number of unbranched alkanes of at least 4 members (excludes halogenated alkanes) is 1. The molecule has 0 unspecified atom stereocenters. The average molecular weight is 437 g/mol. The largest absolute Gasteiger partial charge is 0.354 e. The van der Waals surface area contributed by atoms with Crippen molar-refractivity contribution < 1.29 is 13.2 Å². The zero-order valence-electron chi connectivity index (χ0n) is 17.0. The Morgan fingerprint density at radius 1 is 1.07 bits per heavy atom. The Balaban J connectivity index is 2.19. The highest BCUT2D eigenvalue weighted by Crippen LogP contribution is 2.24. The number of nitrogens with one attached hydrogen (secondary N) is 1. The summed E-state index contributed by atoms with van der Waals surface area (Å²) in [6, 6.07) is 14.6. The first-order chi connectivity index (χ1) is 13.9. The Morgan fingerprint density at radius 3 is 2.31 bits per heavy atom. The summed E-state index contributed by atoms with van der Waals surface area (Å²) in [6.07, 6.45) is 4.27. The highest BCUT2D eigenvalue weighted by atomic mass is 35.5. The molecule has 2 aromatic rings. The Labute approximate surface area is 179 Å². The molecule has 5 nitrogen and oxygen atoms in total. The van der Waals surface area contributed by atoms with Crippen molar-refractivity contribution in [3.05, 3.63) is 59.6 Å². The van der Waals surface area contributed by atoms with E-state index in [0.29, 0.717) is 23.2 Å². The van der Waals surface area contributed by atoms with Gasteiger partial charge in [0.2, 0.25) is 5.91 Å². The van der Waals surface area contributed by atoms with E-state index in [1.807, 2.05) is 0 Å². The maximum atomic E-state index is 13.2. The van der Waals surface area contributed by atoms with Crippen molar-refractivity contribution in [2.45, 2.75) is 44.4 Å². The fourth-order valence-electron chi connectivity index (χ4n) is 3.03. The molecule has 0 saturated carbocycles. The van der Waals surface area contributed by atoms with E-state index in [1.54, 1.807) is 30.3 Å². The maximum absolute atomic E-state index is 13.2. The normalized spacial score (nSPS) is 12.4. The lowest BCUT2D eigenvalue weighted by molar-refractivity contribution is -0.119. The molecular formula is C22H29ClN2O3S. The van der Waals surface area contributed by atoms with Gasteiger partial charge in [-0.2, -0.15) is 0 Å². The number of amides is 1. The summed E-state index contributed by atoms with van der Waals surface area (Å²) in [7, 11) is -3.91. The number of para-hydroxylation sites is 1. The number of sulfonamides is 1. The van der Waals surface area contributed by atoms with Gasteiger partial charge in [0.1, 0.15) is 6.54 Å². The molecule has 7 heteroatoms. The standard InChI is InChI=1S/C22H29ClN2O3S/c1-3-5-9-18(4-2)16-24-22(26)17-25(20-10-7-6-8-11-20)29(27,28)21-14-12-19(23)13-15-21/h6-8,10-15,18H,3-5,9,16-17H2,1-2H3,(H,24,26)/t18-/m1/s1. The minimum atomic E-state index is -3.91. The molecule has 2 rings (SSSR count). The molecule has 29 heavy (non-hydrogen) atoms. The smallest absolute Gasteiger partial charge is 0.264 e. The van der Waals surface area contributed by atoms with Crippen LogP contribution in [0.1, 0.15) is 39.5 Å². The topological polar surface area (TPSA) is 66.5 Å². The van der Waals surface area contributed by atoms with Gasteiger partial charge in [0.05, 0.1) is 10.6 Å². The monoisotopic (exact) mass is 436 g/mol. The van der Waals surface area contributed by atoms with Crippen molar-refractivity contribution in [1.29, 1.82) is 0 Å². The summed E-state index contributed by atoms with van der Waals surface area (Å²) in [4.78, 5) is 12.7. The van der Waals surface area contributed by atoms with Gasteiger partial charge in [0.15, 0.2) is 0 Å². The molecule has 0 aliphatic rings. The van der Waals surface area contributed by atoms with Gasteiger partial charge in [-0.3, -0.25) is 9.10 Å². The highest BCUT2D eigenvalue weighted by Gasteiger charge is 2.27. The third-order valence-electron chi connectivity index (χ3n) is 4.86. The minimum Gasteiger partial charge on any atom is -0.354 e. The second-order valence-corrected chi connectivity index (χ2v) is 9.32. The molecular weight excluding hydrogens is 408 g/mol. The third-order valence-corrected chi connectivity index (χ3v) is 6.90. The summed E-state index contributed by atoms with van der Waals surface area (Å²) in [6.45, 7) is 4.52. The zero-order valence-corrected chi connectivity index (χ0v) is 18.5. The lowest BCUT2D eigenvalue weighted by Crippen LogP contribution is -2.42. The average Bonchev–Trinajstić information content (AvgIpc) is 2.73. The molecule has 0 fully saturated rings. The number of carbonyl (C=O) groups excluding carboxylic acids is 1. The lowest BCUT2D eigenvalue weighted by Gasteiger charge is -2.24. The van der Waals surface area contributed by atoms with Crippen LogP contribution in [0, 0.1) is 5.92 Å². The highest BCUT2D eigenvalue weighted by molar-refractivity contribution is 7.92. The number of benzene rings is 2. The van der Waals surface area contributed by atoms with Crippen molar-refractivity contribution in [2.24, 2.45) is 5.92 Å². The van der Waals surface area contributed by atoms with Crippen LogP contribution in [-0.4, -0.2) is 27.4 Å². The Kier molecular flexibility index (Phi) is 8.99. The molecule has 0 radical (unpaired) electrons. The predicted octanol–water partition coefficient (Wildman–Crippen LogP) is 4.87. The number of nitrogens with zero attached hydrogens (tertiary/aromatic N) is 1. The van der Waals surface area contributed by atoms with Crippen LogP contribution < -0.4 is 9.62 Å². The lowest BCUT2D eigenvalue weighted by atomic mass is 9.99. The second kappa shape index (κ2) is 11.2. The zero-order chi connectivity index (χ0) is 21.3. The van der Waals surface area contributed by atoms with E-state index in [9.17, 15) is 13.2 Å². The van der Waals surface area contributed by atoms with Gasteiger partial charge >= 0.3 is 0 Å². The molecule has 0 bridgehead atoms. The molecule has 0 heterocycles. The number of carbonyl (C=O) groups is 1. The van der Waals surface area contributed by atoms with Gasteiger partial charge in [-0.1, -0.05) is 62.9 Å². The van der Waals surface area contributed by atoms with Crippen LogP contribution >= 0.6 is 11.6 Å². The van der Waals surface area contributed by atoms with Crippen LogP contribution in [0.15, 0.2) is 59.5 Å². The van der Waals surface area contributed by atoms with E-state index in [4.69, 9.17) is 11.6 Å². The summed E-state index contributed by atoms with van der Waals surface area (Å²) >= 11 is 5.89. The molecule has 0 aliphatic heterocycles. The van der Waals surface area contributed by atoms with Crippen LogP contribution in [0.3, 0.4) is 0 Å². The first-order valence-corrected chi connectivity index (χ1v) is 11.8.